The van der Waals surface area contributed by atoms with Crippen LogP contribution in [-0.4, -0.2) is 64.0 Å². The van der Waals surface area contributed by atoms with Crippen molar-refractivity contribution in [2.24, 2.45) is 0 Å². The van der Waals surface area contributed by atoms with E-state index >= 15 is 0 Å². The molecule has 3 heterocycles. The Morgan fingerprint density at radius 1 is 0.968 bits per heavy atom. The van der Waals surface area contributed by atoms with Gasteiger partial charge in [0.05, 0.1) is 0 Å². The number of hydrogen-bond donors (Lipinski definition) is 3. The Morgan fingerprint density at radius 3 is 2.23 bits per heavy atom. The summed E-state index contributed by atoms with van der Waals surface area (Å²) < 4.78 is 0. The number of likely N-dealkylation sites (N-methyl/N-ethyl adjacent to an activating group) is 1. The fourth-order valence-electron chi connectivity index (χ4n) is 3.10. The highest BCUT2D eigenvalue weighted by atomic mass is 32.1. The van der Waals surface area contributed by atoms with E-state index in [0.717, 1.165) is 47.6 Å². The predicted molar refractivity (Wildman–Crippen MR) is 124 cm³/mol. The van der Waals surface area contributed by atoms with Gasteiger partial charge in [0.2, 0.25) is 23.8 Å². The number of nitrogens with one attached hydrogen (secondary N) is 3. The summed E-state index contributed by atoms with van der Waals surface area (Å²) in [6, 6.07) is 7.37. The van der Waals surface area contributed by atoms with E-state index in [1.54, 1.807) is 11.3 Å². The van der Waals surface area contributed by atoms with Gasteiger partial charge in [-0.1, -0.05) is 0 Å². The number of piperazine rings is 1. The average Bonchev–Trinajstić information content (AvgIpc) is 3.14. The topological polar surface area (TPSA) is 111 Å². The summed E-state index contributed by atoms with van der Waals surface area (Å²) in [5.74, 6) is 1.39. The number of carbonyl (C=O) groups is 1. The van der Waals surface area contributed by atoms with Gasteiger partial charge in [-0.15, -0.1) is 11.3 Å². The molecule has 0 bridgehead atoms. The SMILES string of the molecule is CC(=O)Nc1ccc(Nc2nc(Nc3ncc(C)s3)nc(N3CCN(C)CC3)n2)cc1. The van der Waals surface area contributed by atoms with Gasteiger partial charge in [-0.05, 0) is 38.2 Å². The molecule has 1 aliphatic heterocycles. The van der Waals surface area contributed by atoms with Gasteiger partial charge in [0.15, 0.2) is 5.13 Å². The molecule has 3 aromatic rings. The number of rotatable bonds is 6. The van der Waals surface area contributed by atoms with E-state index in [1.807, 2.05) is 37.4 Å². The summed E-state index contributed by atoms with van der Waals surface area (Å²) in [6.07, 6.45) is 1.81. The van der Waals surface area contributed by atoms with Gasteiger partial charge in [0, 0.05) is 55.6 Å². The largest absolute Gasteiger partial charge is 0.338 e. The normalized spacial score (nSPS) is 14.4. The Morgan fingerprint density at radius 2 is 1.61 bits per heavy atom. The molecule has 0 atom stereocenters. The summed E-state index contributed by atoms with van der Waals surface area (Å²) in [5.41, 5.74) is 1.54. The Kier molecular flexibility index (Phi) is 6.23. The fourth-order valence-corrected chi connectivity index (χ4v) is 3.76. The fraction of sp³-hybridized carbons (Fsp3) is 0.350. The number of hydrogen-bond acceptors (Lipinski definition) is 10. The number of aryl methyl sites for hydroxylation is 1. The van der Waals surface area contributed by atoms with Gasteiger partial charge in [-0.2, -0.15) is 15.0 Å². The van der Waals surface area contributed by atoms with Crippen molar-refractivity contribution in [3.63, 3.8) is 0 Å². The molecule has 0 unspecified atom stereocenters. The first-order chi connectivity index (χ1) is 14.9. The van der Waals surface area contributed by atoms with Crippen LogP contribution in [0.1, 0.15) is 11.8 Å². The standard InChI is InChI=1S/C20H25N9OS/c1-13-12-21-20(31-13)27-18-24-17(23-16-6-4-15(5-7-16)22-14(2)30)25-19(26-18)29-10-8-28(3)9-11-29/h4-7,12H,8-11H2,1-3H3,(H,22,30)(H2,21,23,24,25,26,27). The van der Waals surface area contributed by atoms with E-state index in [4.69, 9.17) is 0 Å². The molecule has 162 valence electrons. The van der Waals surface area contributed by atoms with Crippen LogP contribution in [0.4, 0.5) is 34.4 Å². The third-order valence-corrected chi connectivity index (χ3v) is 5.54. The molecule has 0 spiro atoms. The van der Waals surface area contributed by atoms with Crippen molar-refractivity contribution in [1.29, 1.82) is 0 Å². The minimum Gasteiger partial charge on any atom is -0.338 e. The highest BCUT2D eigenvalue weighted by Gasteiger charge is 2.19. The lowest BCUT2D eigenvalue weighted by atomic mass is 10.3. The zero-order valence-corrected chi connectivity index (χ0v) is 18.5. The lowest BCUT2D eigenvalue weighted by molar-refractivity contribution is -0.114. The van der Waals surface area contributed by atoms with Crippen LogP contribution in [0.3, 0.4) is 0 Å². The first-order valence-electron chi connectivity index (χ1n) is 9.98. The van der Waals surface area contributed by atoms with Gasteiger partial charge in [-0.25, -0.2) is 4.98 Å². The van der Waals surface area contributed by atoms with Gasteiger partial charge in [0.1, 0.15) is 0 Å². The summed E-state index contributed by atoms with van der Waals surface area (Å²) in [4.78, 5) is 34.9. The zero-order chi connectivity index (χ0) is 21.8. The van der Waals surface area contributed by atoms with Crippen LogP contribution >= 0.6 is 11.3 Å². The predicted octanol–water partition coefficient (Wildman–Crippen LogP) is 2.83. The van der Waals surface area contributed by atoms with Crippen LogP contribution in [0.5, 0.6) is 0 Å². The Balaban J connectivity index is 1.58. The third kappa shape index (κ3) is 5.64. The molecule has 4 rings (SSSR count). The zero-order valence-electron chi connectivity index (χ0n) is 17.7. The second-order valence-electron chi connectivity index (χ2n) is 7.36. The molecule has 1 saturated heterocycles. The lowest BCUT2D eigenvalue weighted by Crippen LogP contribution is -2.45. The molecule has 1 aliphatic rings. The van der Waals surface area contributed by atoms with E-state index in [0.29, 0.717) is 17.8 Å². The number of nitrogens with zero attached hydrogens (tertiary/aromatic N) is 6. The van der Waals surface area contributed by atoms with Crippen molar-refractivity contribution in [2.45, 2.75) is 13.8 Å². The molecule has 31 heavy (non-hydrogen) atoms. The van der Waals surface area contributed by atoms with E-state index < -0.39 is 0 Å². The summed E-state index contributed by atoms with van der Waals surface area (Å²) in [7, 11) is 2.11. The maximum absolute atomic E-state index is 11.2. The first kappa shape index (κ1) is 20.9. The van der Waals surface area contributed by atoms with Crippen molar-refractivity contribution < 1.29 is 4.79 Å². The average molecular weight is 440 g/mol. The van der Waals surface area contributed by atoms with Crippen LogP contribution in [0.15, 0.2) is 30.5 Å². The van der Waals surface area contributed by atoms with Gasteiger partial charge in [-0.3, -0.25) is 10.1 Å². The van der Waals surface area contributed by atoms with Crippen molar-refractivity contribution in [3.8, 4) is 0 Å². The smallest absolute Gasteiger partial charge is 0.235 e. The van der Waals surface area contributed by atoms with Crippen molar-refractivity contribution in [2.75, 3.05) is 54.1 Å². The highest BCUT2D eigenvalue weighted by molar-refractivity contribution is 7.15. The van der Waals surface area contributed by atoms with Gasteiger partial charge >= 0.3 is 0 Å². The molecule has 1 fully saturated rings. The molecule has 10 nitrogen and oxygen atoms in total. The molecule has 3 N–H and O–H groups in total. The number of amides is 1. The summed E-state index contributed by atoms with van der Waals surface area (Å²) >= 11 is 1.54. The second-order valence-corrected chi connectivity index (χ2v) is 8.59. The second kappa shape index (κ2) is 9.23. The molecule has 1 aromatic carbocycles. The molecule has 0 radical (unpaired) electrons. The Labute approximate surface area is 184 Å². The van der Waals surface area contributed by atoms with Crippen molar-refractivity contribution >= 4 is 51.6 Å². The van der Waals surface area contributed by atoms with Crippen LogP contribution in [0.25, 0.3) is 0 Å². The van der Waals surface area contributed by atoms with E-state index in [1.165, 1.54) is 6.92 Å². The number of carbonyl (C=O) groups excluding carboxylic acids is 1. The van der Waals surface area contributed by atoms with Crippen molar-refractivity contribution in [3.05, 3.63) is 35.3 Å². The van der Waals surface area contributed by atoms with Crippen LogP contribution in [-0.2, 0) is 4.79 Å². The molecule has 11 heteroatoms. The molecule has 0 saturated carbocycles. The molecule has 1 amide bonds. The van der Waals surface area contributed by atoms with Crippen LogP contribution in [0, 0.1) is 6.92 Å². The summed E-state index contributed by atoms with van der Waals surface area (Å²) in [5, 5.41) is 9.92. The number of aromatic nitrogens is 4. The van der Waals surface area contributed by atoms with E-state index in [2.05, 4.69) is 52.7 Å². The maximum Gasteiger partial charge on any atom is 0.235 e. The molecular weight excluding hydrogens is 414 g/mol. The Hall–Kier alpha value is -3.31. The first-order valence-corrected chi connectivity index (χ1v) is 10.8. The van der Waals surface area contributed by atoms with E-state index in [9.17, 15) is 4.79 Å². The minimum atomic E-state index is -0.108. The molecule has 0 aliphatic carbocycles. The van der Waals surface area contributed by atoms with Crippen molar-refractivity contribution in [1.82, 2.24) is 24.8 Å². The molecular formula is C20H25N9OS. The number of thiazole rings is 1. The number of benzene rings is 1. The minimum absolute atomic E-state index is 0.108. The highest BCUT2D eigenvalue weighted by Crippen LogP contribution is 2.24. The van der Waals surface area contributed by atoms with Gasteiger partial charge < -0.3 is 20.4 Å². The van der Waals surface area contributed by atoms with Crippen LogP contribution < -0.4 is 20.9 Å². The third-order valence-electron chi connectivity index (χ3n) is 4.71. The summed E-state index contributed by atoms with van der Waals surface area (Å²) in [6.45, 7) is 7.09. The van der Waals surface area contributed by atoms with Crippen LogP contribution in [0.2, 0.25) is 0 Å². The van der Waals surface area contributed by atoms with E-state index in [-0.39, 0.29) is 5.91 Å². The monoisotopic (exact) mass is 439 g/mol. The molecule has 2 aromatic heterocycles. The lowest BCUT2D eigenvalue weighted by Gasteiger charge is -2.32. The van der Waals surface area contributed by atoms with Gasteiger partial charge in [0.25, 0.3) is 0 Å². The maximum atomic E-state index is 11.2. The number of anilines is 6. The Bertz CT molecular complexity index is 1050. The quantitative estimate of drug-likeness (QED) is 0.534.